The smallest absolute Gasteiger partial charge is 0.308 e. The zero-order valence-corrected chi connectivity index (χ0v) is 22.0. The molecule has 0 amide bonds. The number of hydrogen-bond acceptors (Lipinski definition) is 6. The van der Waals surface area contributed by atoms with Crippen molar-refractivity contribution in [1.29, 1.82) is 0 Å². The lowest BCUT2D eigenvalue weighted by Crippen LogP contribution is -2.21. The normalized spacial score (nSPS) is 15.4. The Bertz CT molecular complexity index is 1520. The van der Waals surface area contributed by atoms with Gasteiger partial charge in [0.25, 0.3) is 0 Å². The van der Waals surface area contributed by atoms with Gasteiger partial charge in [-0.05, 0) is 45.2 Å². The number of ketones is 1. The Morgan fingerprint density at radius 1 is 1.03 bits per heavy atom. The maximum absolute atomic E-state index is 12.5. The number of fused-ring (bicyclic) bond motifs is 3. The molecule has 0 bridgehead atoms. The van der Waals surface area contributed by atoms with Crippen LogP contribution in [0.2, 0.25) is 0 Å². The van der Waals surface area contributed by atoms with Crippen LogP contribution in [0.5, 0.6) is 0 Å². The highest BCUT2D eigenvalue weighted by Crippen LogP contribution is 2.40. The summed E-state index contributed by atoms with van der Waals surface area (Å²) < 4.78 is 1.96. The molecule has 0 spiro atoms. The summed E-state index contributed by atoms with van der Waals surface area (Å²) >= 11 is 1.64. The predicted octanol–water partition coefficient (Wildman–Crippen LogP) is 5.68. The Labute approximate surface area is 219 Å². The monoisotopic (exact) mass is 512 g/mol. The van der Waals surface area contributed by atoms with Gasteiger partial charge < -0.3 is 5.11 Å². The van der Waals surface area contributed by atoms with Crippen LogP contribution in [0.25, 0.3) is 5.00 Å². The number of Topliss-reactive ketones (excluding diaryl/α,β-unsaturated/α-hetero) is 1. The summed E-state index contributed by atoms with van der Waals surface area (Å²) in [5.41, 5.74) is 5.54. The van der Waals surface area contributed by atoms with E-state index >= 15 is 0 Å². The van der Waals surface area contributed by atoms with Crippen molar-refractivity contribution in [3.05, 3.63) is 98.9 Å². The number of aliphatic imine (C=N–C) groups is 1. The molecule has 0 saturated heterocycles. The van der Waals surface area contributed by atoms with E-state index in [1.165, 1.54) is 0 Å². The summed E-state index contributed by atoms with van der Waals surface area (Å²) in [4.78, 5) is 30.8. The number of nitrogens with zero attached hydrogens (tertiary/aromatic N) is 4. The molecule has 2 atom stereocenters. The molecule has 0 saturated carbocycles. The van der Waals surface area contributed by atoms with Crippen molar-refractivity contribution in [1.82, 2.24) is 14.8 Å². The van der Waals surface area contributed by atoms with Crippen molar-refractivity contribution in [2.24, 2.45) is 10.9 Å². The molecule has 0 fully saturated rings. The molecule has 0 radical (unpaired) electrons. The van der Waals surface area contributed by atoms with Crippen LogP contribution in [0.15, 0.2) is 59.6 Å². The van der Waals surface area contributed by atoms with Crippen molar-refractivity contribution in [3.8, 4) is 5.00 Å². The lowest BCUT2D eigenvalue weighted by atomic mass is 9.96. The van der Waals surface area contributed by atoms with E-state index in [1.54, 1.807) is 18.3 Å². The second-order valence-corrected chi connectivity index (χ2v) is 10.6. The van der Waals surface area contributed by atoms with E-state index in [2.05, 4.69) is 24.0 Å². The summed E-state index contributed by atoms with van der Waals surface area (Å²) in [5.74, 6) is -0.348. The first-order valence-electron chi connectivity index (χ1n) is 12.3. The Morgan fingerprint density at radius 3 is 2.41 bits per heavy atom. The Kier molecular flexibility index (Phi) is 6.60. The molecule has 188 valence electrons. The molecule has 4 aromatic rings. The van der Waals surface area contributed by atoms with Crippen molar-refractivity contribution >= 4 is 28.8 Å². The van der Waals surface area contributed by atoms with Gasteiger partial charge in [0.1, 0.15) is 16.9 Å². The molecule has 8 heteroatoms. The van der Waals surface area contributed by atoms with E-state index < -0.39 is 17.9 Å². The predicted molar refractivity (Wildman–Crippen MR) is 144 cm³/mol. The van der Waals surface area contributed by atoms with Gasteiger partial charge in [0.2, 0.25) is 0 Å². The maximum Gasteiger partial charge on any atom is 0.308 e. The minimum Gasteiger partial charge on any atom is -0.481 e. The molecule has 1 N–H and O–H groups in total. The van der Waals surface area contributed by atoms with Gasteiger partial charge in [-0.1, -0.05) is 54.6 Å². The Morgan fingerprint density at radius 2 is 1.73 bits per heavy atom. The fourth-order valence-electron chi connectivity index (χ4n) is 4.67. The Hall–Kier alpha value is -3.91. The average Bonchev–Trinajstić information content (AvgIpc) is 3.37. The molecule has 2 aromatic carbocycles. The van der Waals surface area contributed by atoms with Crippen LogP contribution in [-0.4, -0.2) is 37.3 Å². The molecular weight excluding hydrogens is 484 g/mol. The maximum atomic E-state index is 12.5. The first-order chi connectivity index (χ1) is 17.8. The molecule has 0 aliphatic carbocycles. The lowest BCUT2D eigenvalue weighted by Gasteiger charge is -2.16. The highest BCUT2D eigenvalue weighted by atomic mass is 32.1. The minimum absolute atomic E-state index is 0.121. The zero-order valence-electron chi connectivity index (χ0n) is 21.2. The molecule has 1 aliphatic rings. The molecule has 37 heavy (non-hydrogen) atoms. The molecule has 5 rings (SSSR count). The van der Waals surface area contributed by atoms with Gasteiger partial charge in [-0.15, -0.1) is 21.5 Å². The first-order valence-corrected chi connectivity index (χ1v) is 13.1. The number of carbonyl (C=O) groups excluding carboxylic acids is 1. The quantitative estimate of drug-likeness (QED) is 0.321. The van der Waals surface area contributed by atoms with Crippen LogP contribution in [0.1, 0.15) is 68.5 Å². The molecule has 1 unspecified atom stereocenters. The summed E-state index contributed by atoms with van der Waals surface area (Å²) in [5, 5.41) is 19.4. The van der Waals surface area contributed by atoms with Gasteiger partial charge in [-0.3, -0.25) is 19.1 Å². The van der Waals surface area contributed by atoms with Gasteiger partial charge in [-0.2, -0.15) is 0 Å². The van der Waals surface area contributed by atoms with E-state index in [1.807, 2.05) is 66.1 Å². The number of carbonyl (C=O) groups is 2. The third-order valence-corrected chi connectivity index (χ3v) is 8.21. The molecule has 1 aliphatic heterocycles. The molecule has 3 heterocycles. The van der Waals surface area contributed by atoms with E-state index in [-0.39, 0.29) is 5.78 Å². The van der Waals surface area contributed by atoms with E-state index in [0.29, 0.717) is 24.5 Å². The summed E-state index contributed by atoms with van der Waals surface area (Å²) in [7, 11) is 0. The van der Waals surface area contributed by atoms with E-state index in [0.717, 1.165) is 43.4 Å². The SMILES string of the molecule is Cc1sc2c(c1C)C(c1ccc(CCC(=O)c3ccccc3)cc1)=NC([C@H](C)C(=O)O)c1nnc(C)n1-2. The van der Waals surface area contributed by atoms with Crippen molar-refractivity contribution in [2.45, 2.75) is 46.6 Å². The topological polar surface area (TPSA) is 97.4 Å². The van der Waals surface area contributed by atoms with Crippen molar-refractivity contribution in [3.63, 3.8) is 0 Å². The fraction of sp³-hybridized carbons (Fsp3) is 0.276. The van der Waals surface area contributed by atoms with Gasteiger partial charge in [0.05, 0.1) is 11.6 Å². The van der Waals surface area contributed by atoms with Crippen molar-refractivity contribution < 1.29 is 14.7 Å². The van der Waals surface area contributed by atoms with Crippen LogP contribution >= 0.6 is 11.3 Å². The largest absolute Gasteiger partial charge is 0.481 e. The van der Waals surface area contributed by atoms with Crippen LogP contribution in [0.3, 0.4) is 0 Å². The van der Waals surface area contributed by atoms with E-state index in [4.69, 9.17) is 4.99 Å². The number of hydrogen-bond donors (Lipinski definition) is 1. The van der Waals surface area contributed by atoms with Gasteiger partial charge in [0, 0.05) is 28.0 Å². The second-order valence-electron chi connectivity index (χ2n) is 9.44. The second kappa shape index (κ2) is 9.86. The third-order valence-electron chi connectivity index (χ3n) is 7.02. The zero-order chi connectivity index (χ0) is 26.3. The Balaban J connectivity index is 1.53. The molecular formula is C29H28N4O3S. The number of carboxylic acids is 1. The van der Waals surface area contributed by atoms with Crippen molar-refractivity contribution in [2.75, 3.05) is 0 Å². The number of thiophene rings is 1. The number of aliphatic carboxylic acids is 1. The first kappa shape index (κ1) is 24.8. The summed E-state index contributed by atoms with van der Waals surface area (Å²) in [6.07, 6.45) is 1.07. The molecule has 2 aromatic heterocycles. The minimum atomic E-state index is -0.933. The van der Waals surface area contributed by atoms with Gasteiger partial charge in [-0.25, -0.2) is 0 Å². The fourth-order valence-corrected chi connectivity index (χ4v) is 5.89. The van der Waals surface area contributed by atoms with Gasteiger partial charge in [0.15, 0.2) is 11.6 Å². The number of aromatic nitrogens is 3. The number of aryl methyl sites for hydroxylation is 3. The van der Waals surface area contributed by atoms with Gasteiger partial charge >= 0.3 is 5.97 Å². The highest BCUT2D eigenvalue weighted by molar-refractivity contribution is 7.15. The number of carboxylic acid groups (broad SMARTS) is 1. The number of benzene rings is 2. The average molecular weight is 513 g/mol. The van der Waals surface area contributed by atoms with Crippen LogP contribution < -0.4 is 0 Å². The highest BCUT2D eigenvalue weighted by Gasteiger charge is 2.36. The summed E-state index contributed by atoms with van der Waals surface area (Å²) in [6.45, 7) is 7.69. The lowest BCUT2D eigenvalue weighted by molar-refractivity contribution is -0.141. The summed E-state index contributed by atoms with van der Waals surface area (Å²) in [6, 6.07) is 16.7. The molecule has 7 nitrogen and oxygen atoms in total. The third kappa shape index (κ3) is 4.53. The van der Waals surface area contributed by atoms with Crippen LogP contribution in [0, 0.1) is 26.7 Å². The standard InChI is InChI=1S/C29H28N4O3S/c1-16-18(3)37-28-24(16)26(30-25(17(2)29(35)36)27-32-31-19(4)33(27)28)22-13-10-20(11-14-22)12-15-23(34)21-8-6-5-7-9-21/h5-11,13-14,17,25H,12,15H2,1-4H3,(H,35,36)/t17-,25?/m0/s1. The number of rotatable bonds is 7. The van der Waals surface area contributed by atoms with E-state index in [9.17, 15) is 14.7 Å². The van der Waals surface area contributed by atoms with Crippen LogP contribution in [-0.2, 0) is 11.2 Å². The van der Waals surface area contributed by atoms with Crippen LogP contribution in [0.4, 0.5) is 0 Å².